The summed E-state index contributed by atoms with van der Waals surface area (Å²) >= 11 is 0. The predicted molar refractivity (Wildman–Crippen MR) is 115 cm³/mol. The summed E-state index contributed by atoms with van der Waals surface area (Å²) in [7, 11) is 0. The number of pyridine rings is 1. The molecule has 0 amide bonds. The fourth-order valence-electron chi connectivity index (χ4n) is 5.40. The molecule has 2 aliphatic rings. The maximum Gasteiger partial charge on any atom is 0.231 e. The Morgan fingerprint density at radius 2 is 1.52 bits per heavy atom. The van der Waals surface area contributed by atoms with E-state index in [1.807, 2.05) is 0 Å². The molecule has 0 atom stereocenters. The summed E-state index contributed by atoms with van der Waals surface area (Å²) in [5, 5.41) is 0. The number of unbranched alkanes of at least 4 members (excludes halogenated alkanes) is 4. The van der Waals surface area contributed by atoms with Crippen molar-refractivity contribution in [1.82, 2.24) is 4.98 Å². The van der Waals surface area contributed by atoms with Crippen molar-refractivity contribution in [3.8, 4) is 11.8 Å². The van der Waals surface area contributed by atoms with Gasteiger partial charge < -0.3 is 0 Å². The van der Waals surface area contributed by atoms with E-state index in [2.05, 4.69) is 23.7 Å². The molecule has 2 saturated carbocycles. The van der Waals surface area contributed by atoms with E-state index in [1.54, 1.807) is 0 Å². The van der Waals surface area contributed by atoms with Gasteiger partial charge in [0.15, 0.2) is 0 Å². The molecule has 0 aliphatic heterocycles. The molecular formula is C26H37F2N. The molecule has 0 spiro atoms. The molecule has 2 fully saturated rings. The van der Waals surface area contributed by atoms with Crippen molar-refractivity contribution >= 4 is 0 Å². The van der Waals surface area contributed by atoms with Gasteiger partial charge in [-0.2, -0.15) is 13.8 Å². The molecule has 1 aromatic rings. The molecule has 0 radical (unpaired) electrons. The van der Waals surface area contributed by atoms with E-state index in [9.17, 15) is 8.78 Å². The fraction of sp³-hybridized carbons (Fsp3) is 0.731. The zero-order valence-electron chi connectivity index (χ0n) is 18.1. The highest BCUT2D eigenvalue weighted by Gasteiger charge is 2.30. The molecule has 3 heteroatoms. The molecule has 0 N–H and O–H groups in total. The first-order valence-corrected chi connectivity index (χ1v) is 12.0. The smallest absolute Gasteiger partial charge is 0.189 e. The first-order valence-electron chi connectivity index (χ1n) is 12.0. The SMILES string of the molecule is CCCCCCCC1CCC(C2CCC(C#Cc3ccc(F)nc3F)CC2)CC1. The Labute approximate surface area is 176 Å². The summed E-state index contributed by atoms with van der Waals surface area (Å²) in [5.41, 5.74) is 0.210. The van der Waals surface area contributed by atoms with Crippen LogP contribution in [-0.4, -0.2) is 4.98 Å². The van der Waals surface area contributed by atoms with E-state index in [4.69, 9.17) is 0 Å². The van der Waals surface area contributed by atoms with Crippen LogP contribution < -0.4 is 0 Å². The maximum atomic E-state index is 13.6. The first-order chi connectivity index (χ1) is 14.2. The minimum Gasteiger partial charge on any atom is -0.189 e. The van der Waals surface area contributed by atoms with Crippen molar-refractivity contribution in [2.75, 3.05) is 0 Å². The normalized spacial score (nSPS) is 27.3. The van der Waals surface area contributed by atoms with Gasteiger partial charge in [-0.25, -0.2) is 0 Å². The molecule has 0 bridgehead atoms. The molecular weight excluding hydrogens is 364 g/mol. The van der Waals surface area contributed by atoms with E-state index in [0.29, 0.717) is 5.92 Å². The summed E-state index contributed by atoms with van der Waals surface area (Å²) in [5.74, 6) is 7.62. The van der Waals surface area contributed by atoms with Crippen LogP contribution in [0.1, 0.15) is 102 Å². The van der Waals surface area contributed by atoms with Gasteiger partial charge >= 0.3 is 0 Å². The van der Waals surface area contributed by atoms with E-state index in [-0.39, 0.29) is 5.56 Å². The number of aromatic nitrogens is 1. The van der Waals surface area contributed by atoms with Crippen LogP contribution in [0.4, 0.5) is 8.78 Å². The fourth-order valence-corrected chi connectivity index (χ4v) is 5.40. The Morgan fingerprint density at radius 1 is 0.862 bits per heavy atom. The van der Waals surface area contributed by atoms with E-state index < -0.39 is 11.9 Å². The average Bonchev–Trinajstić information content (AvgIpc) is 2.74. The molecule has 2 aliphatic carbocycles. The Kier molecular flexibility index (Phi) is 8.96. The number of nitrogens with zero attached hydrogens (tertiary/aromatic N) is 1. The summed E-state index contributed by atoms with van der Waals surface area (Å²) in [4.78, 5) is 3.21. The van der Waals surface area contributed by atoms with E-state index in [0.717, 1.165) is 30.6 Å². The first kappa shape index (κ1) is 22.3. The molecule has 160 valence electrons. The standard InChI is InChI=1S/C26H37F2N/c1-2-3-4-5-6-7-20-8-13-22(14-9-20)23-15-10-21(11-16-23)12-17-24-18-19-25(27)29-26(24)28/h18-23H,2-11,13-16H2,1H3. The predicted octanol–water partition coefficient (Wildman–Crippen LogP) is 7.68. The highest BCUT2D eigenvalue weighted by Crippen LogP contribution is 2.42. The third-order valence-electron chi connectivity index (χ3n) is 7.27. The zero-order valence-corrected chi connectivity index (χ0v) is 18.1. The second-order valence-corrected chi connectivity index (χ2v) is 9.34. The molecule has 3 rings (SSSR count). The highest BCUT2D eigenvalue weighted by atomic mass is 19.1. The Morgan fingerprint density at radius 3 is 2.17 bits per heavy atom. The van der Waals surface area contributed by atoms with Crippen LogP contribution in [0.5, 0.6) is 0 Å². The van der Waals surface area contributed by atoms with E-state index >= 15 is 0 Å². The van der Waals surface area contributed by atoms with Crippen LogP contribution in [0.25, 0.3) is 0 Å². The number of hydrogen-bond donors (Lipinski definition) is 0. The summed E-state index contributed by atoms with van der Waals surface area (Å²) in [6, 6.07) is 2.56. The van der Waals surface area contributed by atoms with Crippen molar-refractivity contribution in [1.29, 1.82) is 0 Å². The molecule has 1 nitrogen and oxygen atoms in total. The quantitative estimate of drug-likeness (QED) is 0.259. The van der Waals surface area contributed by atoms with Gasteiger partial charge in [0.05, 0.1) is 5.56 Å². The van der Waals surface area contributed by atoms with Crippen LogP contribution in [0.15, 0.2) is 12.1 Å². The lowest BCUT2D eigenvalue weighted by Crippen LogP contribution is -2.25. The molecule has 0 saturated heterocycles. The van der Waals surface area contributed by atoms with Gasteiger partial charge in [-0.15, -0.1) is 0 Å². The lowest BCUT2D eigenvalue weighted by molar-refractivity contribution is 0.153. The number of halogens is 2. The summed E-state index contributed by atoms with van der Waals surface area (Å²) in [6.07, 6.45) is 18.9. The second-order valence-electron chi connectivity index (χ2n) is 9.34. The molecule has 1 aromatic heterocycles. The van der Waals surface area contributed by atoms with Gasteiger partial charge in [-0.1, -0.05) is 70.1 Å². The minimum absolute atomic E-state index is 0.210. The lowest BCUT2D eigenvalue weighted by Gasteiger charge is -2.37. The molecule has 29 heavy (non-hydrogen) atoms. The number of hydrogen-bond acceptors (Lipinski definition) is 1. The summed E-state index contributed by atoms with van der Waals surface area (Å²) in [6.45, 7) is 2.28. The monoisotopic (exact) mass is 401 g/mol. The third-order valence-corrected chi connectivity index (χ3v) is 7.27. The van der Waals surface area contributed by atoms with Crippen molar-refractivity contribution in [2.45, 2.75) is 96.8 Å². The van der Waals surface area contributed by atoms with Crippen LogP contribution in [0.2, 0.25) is 0 Å². The van der Waals surface area contributed by atoms with Crippen LogP contribution in [0.3, 0.4) is 0 Å². The Hall–Kier alpha value is -1.43. The topological polar surface area (TPSA) is 12.9 Å². The van der Waals surface area contributed by atoms with E-state index in [1.165, 1.54) is 89.2 Å². The molecule has 0 aromatic carbocycles. The maximum absolute atomic E-state index is 13.6. The number of rotatable bonds is 7. The zero-order chi connectivity index (χ0) is 20.5. The van der Waals surface area contributed by atoms with Gasteiger partial charge in [0, 0.05) is 5.92 Å². The van der Waals surface area contributed by atoms with Crippen molar-refractivity contribution in [3.63, 3.8) is 0 Å². The van der Waals surface area contributed by atoms with Crippen molar-refractivity contribution in [3.05, 3.63) is 29.6 Å². The largest absolute Gasteiger partial charge is 0.231 e. The van der Waals surface area contributed by atoms with Crippen molar-refractivity contribution in [2.24, 2.45) is 23.7 Å². The Bertz CT molecular complexity index is 674. The van der Waals surface area contributed by atoms with Gasteiger partial charge in [-0.05, 0) is 68.4 Å². The van der Waals surface area contributed by atoms with Crippen LogP contribution >= 0.6 is 0 Å². The average molecular weight is 402 g/mol. The minimum atomic E-state index is -0.798. The van der Waals surface area contributed by atoms with Gasteiger partial charge in [-0.3, -0.25) is 0 Å². The molecule has 0 unspecified atom stereocenters. The third kappa shape index (κ3) is 7.09. The van der Waals surface area contributed by atoms with Crippen LogP contribution in [-0.2, 0) is 0 Å². The Balaban J connectivity index is 1.36. The lowest BCUT2D eigenvalue weighted by atomic mass is 9.69. The van der Waals surface area contributed by atoms with Crippen molar-refractivity contribution < 1.29 is 8.78 Å². The van der Waals surface area contributed by atoms with Crippen LogP contribution in [0, 0.1) is 47.4 Å². The van der Waals surface area contributed by atoms with Gasteiger partial charge in [0.25, 0.3) is 0 Å². The summed E-state index contributed by atoms with van der Waals surface area (Å²) < 4.78 is 26.5. The van der Waals surface area contributed by atoms with Gasteiger partial charge in [0.2, 0.25) is 11.9 Å². The van der Waals surface area contributed by atoms with Gasteiger partial charge in [0.1, 0.15) is 0 Å². The second kappa shape index (κ2) is 11.7. The highest BCUT2D eigenvalue weighted by molar-refractivity contribution is 5.33. The molecule has 1 heterocycles.